The molecule has 0 saturated heterocycles. The number of hydrogen-bond acceptors (Lipinski definition) is 9. The standard InChI is InChI=1S/C11H12.C10H11N.C9H10N2.C9H9NOS.C9H8O2.C8H8N2.C8H7NS.2U/c1-4-5-11-8-9(2)6-7-10(11)3;1-7-4-5-10(6-11)9(3)8(7)2;1-6-5-11-9(4-10)8(3)7(6)2;1-6-3-4-7-8(5-6)12-9(11)10(7)2;1-6-2-3-8-7(4-6)5-11-9(8)10;1-5-3-4-6(2)8(10)7(5)9;1-6-2-3-7-8(4-6)10-5-9-7;;/h5-7H,1-3H3;4-5H,1-3H3;5H,1-3H3;3-5H,1-2H3;2-4H,5H2,1H3;3-4H,1-2H3;2-5H,1H3;;/q-2;;;;;-2;;2*+2. The largest absolute Gasteiger partial charge is 2.00 e. The van der Waals surface area contributed by atoms with E-state index in [-0.39, 0.29) is 84.5 Å². The Labute approximate surface area is 516 Å². The first kappa shape index (κ1) is 68.1. The molecule has 1 aliphatic heterocycles. The van der Waals surface area contributed by atoms with Crippen molar-refractivity contribution < 1.29 is 71.8 Å². The molecule has 0 amide bonds. The minimum absolute atomic E-state index is 0. The molecule has 0 atom stereocenters. The van der Waals surface area contributed by atoms with Gasteiger partial charge in [0.25, 0.3) is 0 Å². The number of ether oxygens (including phenoxy) is 1. The molecule has 0 bridgehead atoms. The van der Waals surface area contributed by atoms with Crippen LogP contribution in [-0.2, 0) is 18.4 Å². The third-order valence-corrected chi connectivity index (χ3v) is 14.4. The van der Waals surface area contributed by atoms with E-state index >= 15 is 0 Å². The van der Waals surface area contributed by atoms with Crippen LogP contribution < -0.4 is 4.87 Å². The summed E-state index contributed by atoms with van der Waals surface area (Å²) in [6, 6.07) is 33.6. The molecular formula is C64H65N7O3S2U2. The molecule has 0 unspecified atom stereocenters. The van der Waals surface area contributed by atoms with Gasteiger partial charge >= 0.3 is 73.1 Å². The average Bonchev–Trinajstić information content (AvgIpc) is 4.10. The Balaban J connectivity index is 0.000000310. The fraction of sp³-hybridized carbons (Fsp3) is 0.250. The number of fused-ring (bicyclic) bond motifs is 3. The molecule has 4 heterocycles. The van der Waals surface area contributed by atoms with E-state index in [1.807, 2.05) is 122 Å². The maximum absolute atomic E-state index is 11.2. The number of pyridine rings is 1. The summed E-state index contributed by atoms with van der Waals surface area (Å²) in [6.45, 7) is 28.1. The third kappa shape index (κ3) is 19.4. The van der Waals surface area contributed by atoms with E-state index in [0.717, 1.165) is 60.2 Å². The van der Waals surface area contributed by atoms with E-state index in [1.54, 1.807) is 55.1 Å². The van der Waals surface area contributed by atoms with Gasteiger partial charge in [0.2, 0.25) is 0 Å². The zero-order chi connectivity index (χ0) is 56.4. The predicted octanol–water partition coefficient (Wildman–Crippen LogP) is 15.4. The molecule has 10 rings (SSSR count). The zero-order valence-corrected chi connectivity index (χ0v) is 57.2. The summed E-state index contributed by atoms with van der Waals surface area (Å²) in [6.07, 6.45) is 10.2. The van der Waals surface area contributed by atoms with Crippen LogP contribution >= 0.6 is 22.7 Å². The monoisotopic (exact) mass is 1520 g/mol. The van der Waals surface area contributed by atoms with Crippen molar-refractivity contribution in [2.75, 3.05) is 0 Å². The number of carbonyl (C=O) groups is 1. The van der Waals surface area contributed by atoms with Crippen molar-refractivity contribution >= 4 is 66.6 Å². The molecule has 10 nitrogen and oxygen atoms in total. The van der Waals surface area contributed by atoms with Gasteiger partial charge in [-0.15, -0.1) is 24.3 Å². The number of hydrogen-bond donors (Lipinski definition) is 0. The first-order valence-electron chi connectivity index (χ1n) is 24.4. The van der Waals surface area contributed by atoms with E-state index in [1.165, 1.54) is 55.0 Å². The molecule has 0 fully saturated rings. The van der Waals surface area contributed by atoms with E-state index in [4.69, 9.17) is 26.1 Å². The van der Waals surface area contributed by atoms with Gasteiger partial charge in [-0.3, -0.25) is 4.79 Å². The fourth-order valence-corrected chi connectivity index (χ4v) is 9.00. The fourth-order valence-electron chi connectivity index (χ4n) is 7.25. The first-order valence-corrected chi connectivity index (χ1v) is 26.1. The SMILES string of the molecule is CC1=CC=C(C)C(=[N-])C1=[N-].C[C-]=Cc1[c-]c(C)ccc1C.Cc1ccc(C#N)c(C)c1C.Cc1ccc2c(c1)COC2=O.Cc1ccc2c(c1)sc(=O)n2C.Cc1ccc2ncsc2c1.Cc1cnc(C#N)c(C)c1C.[U+2].[U+2]. The summed E-state index contributed by atoms with van der Waals surface area (Å²) >= 11 is 2.99. The summed E-state index contributed by atoms with van der Waals surface area (Å²) < 4.78 is 8.87. The maximum atomic E-state index is 11.2. The van der Waals surface area contributed by atoms with Gasteiger partial charge in [0.05, 0.1) is 43.1 Å². The van der Waals surface area contributed by atoms with Crippen LogP contribution in [0.15, 0.2) is 119 Å². The molecular weight excluding hydrogens is 1450 g/mol. The Morgan fingerprint density at radius 1 is 0.679 bits per heavy atom. The second kappa shape index (κ2) is 32.8. The van der Waals surface area contributed by atoms with Crippen molar-refractivity contribution in [2.24, 2.45) is 7.05 Å². The molecule has 2 aliphatic rings. The molecule has 0 saturated carbocycles. The third-order valence-electron chi connectivity index (χ3n) is 12.6. The van der Waals surface area contributed by atoms with Crippen LogP contribution in [0, 0.1) is 173 Å². The first-order chi connectivity index (χ1) is 36.0. The minimum Gasteiger partial charge on any atom is -0.805 e. The van der Waals surface area contributed by atoms with Crippen LogP contribution in [0.1, 0.15) is 115 Å². The van der Waals surface area contributed by atoms with Crippen molar-refractivity contribution in [1.29, 1.82) is 10.5 Å². The van der Waals surface area contributed by atoms with Gasteiger partial charge in [-0.25, -0.2) is 26.4 Å². The number of aryl methyl sites for hydroxylation is 8. The number of allylic oxidation sites excluding steroid dienone is 5. The van der Waals surface area contributed by atoms with Crippen LogP contribution in [-0.4, -0.2) is 31.9 Å². The molecule has 78 heavy (non-hydrogen) atoms. The second-order valence-corrected chi connectivity index (χ2v) is 20.3. The number of nitrogens with zero attached hydrogens (tertiary/aromatic N) is 7. The van der Waals surface area contributed by atoms with E-state index in [9.17, 15) is 9.59 Å². The van der Waals surface area contributed by atoms with Gasteiger partial charge in [-0.2, -0.15) is 33.6 Å². The smallest absolute Gasteiger partial charge is 0.805 e. The molecule has 8 aromatic rings. The molecule has 3 aromatic heterocycles. The van der Waals surface area contributed by atoms with Crippen molar-refractivity contribution in [3.63, 3.8) is 0 Å². The van der Waals surface area contributed by atoms with Gasteiger partial charge in [-0.05, 0) is 157 Å². The number of benzene rings is 5. The number of thiazole rings is 2. The number of carbonyl (C=O) groups excluding carboxylic acids is 1. The van der Waals surface area contributed by atoms with Crippen LogP contribution in [0.4, 0.5) is 0 Å². The Morgan fingerprint density at radius 3 is 1.87 bits per heavy atom. The Kier molecular flexibility index (Phi) is 28.6. The number of cyclic esters (lactones) is 1. The molecule has 5 aromatic carbocycles. The van der Waals surface area contributed by atoms with Crippen molar-refractivity contribution in [2.45, 2.75) is 104 Å². The molecule has 0 spiro atoms. The number of aromatic nitrogens is 3. The molecule has 0 radical (unpaired) electrons. The number of esters is 1. The van der Waals surface area contributed by atoms with Crippen LogP contribution in [0.25, 0.3) is 37.3 Å². The van der Waals surface area contributed by atoms with Gasteiger partial charge in [0, 0.05) is 18.8 Å². The van der Waals surface area contributed by atoms with Gasteiger partial charge in [0.1, 0.15) is 18.4 Å². The summed E-state index contributed by atoms with van der Waals surface area (Å²) in [4.78, 5) is 30.5. The normalized spacial score (nSPS) is 11.6. The minimum atomic E-state index is -0.194. The van der Waals surface area contributed by atoms with Crippen molar-refractivity contribution in [3.05, 3.63) is 236 Å². The topological polar surface area (TPSA) is 166 Å². The Bertz CT molecular complexity index is 3580. The van der Waals surface area contributed by atoms with Crippen molar-refractivity contribution in [3.8, 4) is 12.1 Å². The quantitative estimate of drug-likeness (QED) is 0.0896. The maximum Gasteiger partial charge on any atom is 2.00 e. The number of rotatable bonds is 1. The average molecular weight is 1520 g/mol. The van der Waals surface area contributed by atoms with Gasteiger partial charge in [-0.1, -0.05) is 84.4 Å². The van der Waals surface area contributed by atoms with Gasteiger partial charge < -0.3 is 37.8 Å². The Hall–Kier alpha value is -6.06. The molecule has 0 N–H and O–H groups in total. The Morgan fingerprint density at radius 2 is 1.26 bits per heavy atom. The van der Waals surface area contributed by atoms with E-state index in [0.29, 0.717) is 23.4 Å². The van der Waals surface area contributed by atoms with E-state index in [2.05, 4.69) is 85.4 Å². The zero-order valence-electron chi connectivity index (χ0n) is 47.3. The van der Waals surface area contributed by atoms with Crippen LogP contribution in [0.3, 0.4) is 0 Å². The summed E-state index contributed by atoms with van der Waals surface area (Å²) in [7, 11) is 1.80. The second-order valence-electron chi connectivity index (χ2n) is 18.5. The molecule has 14 heteroatoms. The van der Waals surface area contributed by atoms with E-state index < -0.39 is 0 Å². The predicted molar refractivity (Wildman–Crippen MR) is 317 cm³/mol. The van der Waals surface area contributed by atoms with Crippen LogP contribution in [0.2, 0.25) is 0 Å². The summed E-state index contributed by atoms with van der Waals surface area (Å²) in [5.74, 6) is -0.194. The van der Waals surface area contributed by atoms with Crippen molar-refractivity contribution in [1.82, 2.24) is 14.5 Å². The molecule has 394 valence electrons. The summed E-state index contributed by atoms with van der Waals surface area (Å²) in [5.41, 5.74) is 22.6. The summed E-state index contributed by atoms with van der Waals surface area (Å²) in [5, 5.41) is 35.6. The van der Waals surface area contributed by atoms with Gasteiger partial charge in [0.15, 0.2) is 0 Å². The number of nitriles is 2. The molecule has 1 aliphatic carbocycles. The van der Waals surface area contributed by atoms with Crippen LogP contribution in [0.5, 0.6) is 0 Å².